The van der Waals surface area contributed by atoms with Gasteiger partial charge in [0.05, 0.1) is 0 Å². The van der Waals surface area contributed by atoms with Gasteiger partial charge in [-0.2, -0.15) is 0 Å². The van der Waals surface area contributed by atoms with Crippen LogP contribution in [0.5, 0.6) is 0 Å². The summed E-state index contributed by atoms with van der Waals surface area (Å²) in [6.07, 6.45) is 1.01. The van der Waals surface area contributed by atoms with Crippen LogP contribution in [-0.4, -0.2) is 48.6 Å². The molecule has 1 aliphatic heterocycles. The van der Waals surface area contributed by atoms with Crippen molar-refractivity contribution in [3.8, 4) is 11.1 Å². The Morgan fingerprint density at radius 3 is 2.56 bits per heavy atom. The van der Waals surface area contributed by atoms with E-state index in [9.17, 15) is 4.79 Å². The van der Waals surface area contributed by atoms with Crippen LogP contribution in [0.3, 0.4) is 0 Å². The average molecular weight is 337 g/mol. The largest absolute Gasteiger partial charge is 0.322 e. The minimum absolute atomic E-state index is 0.0100. The van der Waals surface area contributed by atoms with E-state index >= 15 is 0 Å². The molecule has 1 atom stereocenters. The molecule has 25 heavy (non-hydrogen) atoms. The molecule has 0 bridgehead atoms. The number of likely N-dealkylation sites (N-methyl/N-ethyl adjacent to an activating group) is 1. The van der Waals surface area contributed by atoms with Crippen molar-refractivity contribution >= 4 is 11.7 Å². The second-order valence-electron chi connectivity index (χ2n) is 7.04. The first-order valence-electron chi connectivity index (χ1n) is 8.96. The van der Waals surface area contributed by atoms with E-state index < -0.39 is 0 Å². The minimum Gasteiger partial charge on any atom is -0.320 e. The predicted octanol–water partition coefficient (Wildman–Crippen LogP) is 4.22. The zero-order chi connectivity index (χ0) is 17.8. The molecule has 2 aromatic rings. The standard InChI is InChI=1S/C21H27N3O/c1-16-7-4-8-18(13-16)19-9-5-10-20(14-19)22-21(25)24-12-6-11-23(3)15-17(24)2/h4-5,7-10,13-14,17H,6,11-12,15H2,1-3H3,(H,22,25). The van der Waals surface area contributed by atoms with Crippen LogP contribution in [0.4, 0.5) is 10.5 Å². The SMILES string of the molecule is Cc1cccc(-c2cccc(NC(=O)N3CCCN(C)CC3C)c2)c1. The maximum Gasteiger partial charge on any atom is 0.322 e. The van der Waals surface area contributed by atoms with Crippen molar-refractivity contribution in [2.45, 2.75) is 26.3 Å². The van der Waals surface area contributed by atoms with Gasteiger partial charge in [0.1, 0.15) is 0 Å². The second kappa shape index (κ2) is 7.70. The van der Waals surface area contributed by atoms with Gasteiger partial charge in [-0.1, -0.05) is 42.0 Å². The average Bonchev–Trinajstić information content (AvgIpc) is 2.75. The van der Waals surface area contributed by atoms with Gasteiger partial charge >= 0.3 is 6.03 Å². The molecule has 1 aliphatic rings. The van der Waals surface area contributed by atoms with E-state index in [-0.39, 0.29) is 12.1 Å². The topological polar surface area (TPSA) is 35.6 Å². The highest BCUT2D eigenvalue weighted by Crippen LogP contribution is 2.24. The Morgan fingerprint density at radius 1 is 1.08 bits per heavy atom. The molecule has 0 saturated carbocycles. The molecule has 1 heterocycles. The number of hydrogen-bond acceptors (Lipinski definition) is 2. The predicted molar refractivity (Wildman–Crippen MR) is 104 cm³/mol. The van der Waals surface area contributed by atoms with Crippen LogP contribution < -0.4 is 5.32 Å². The highest BCUT2D eigenvalue weighted by Gasteiger charge is 2.24. The monoisotopic (exact) mass is 337 g/mol. The van der Waals surface area contributed by atoms with Crippen LogP contribution in [0.15, 0.2) is 48.5 Å². The molecule has 0 spiro atoms. The van der Waals surface area contributed by atoms with E-state index in [1.54, 1.807) is 0 Å². The lowest BCUT2D eigenvalue weighted by molar-refractivity contribution is 0.190. The number of nitrogens with one attached hydrogen (secondary N) is 1. The molecule has 2 amide bonds. The van der Waals surface area contributed by atoms with Crippen molar-refractivity contribution in [1.82, 2.24) is 9.80 Å². The summed E-state index contributed by atoms with van der Waals surface area (Å²) in [5.74, 6) is 0. The first kappa shape index (κ1) is 17.5. The Balaban J connectivity index is 1.74. The van der Waals surface area contributed by atoms with E-state index in [2.05, 4.69) is 61.4 Å². The molecule has 2 aromatic carbocycles. The van der Waals surface area contributed by atoms with Crippen molar-refractivity contribution in [2.75, 3.05) is 32.0 Å². The van der Waals surface area contributed by atoms with Gasteiger partial charge < -0.3 is 15.1 Å². The smallest absolute Gasteiger partial charge is 0.320 e. The van der Waals surface area contributed by atoms with Crippen LogP contribution in [0.25, 0.3) is 11.1 Å². The van der Waals surface area contributed by atoms with E-state index in [4.69, 9.17) is 0 Å². The van der Waals surface area contributed by atoms with E-state index in [1.807, 2.05) is 23.1 Å². The van der Waals surface area contributed by atoms with Crippen LogP contribution in [0, 0.1) is 6.92 Å². The third-order valence-corrected chi connectivity index (χ3v) is 4.77. The summed E-state index contributed by atoms with van der Waals surface area (Å²) in [4.78, 5) is 17.0. The Kier molecular flexibility index (Phi) is 5.39. The van der Waals surface area contributed by atoms with Crippen LogP contribution in [-0.2, 0) is 0 Å². The summed E-state index contributed by atoms with van der Waals surface area (Å²) in [6.45, 7) is 6.96. The number of rotatable bonds is 2. The van der Waals surface area contributed by atoms with Crippen molar-refractivity contribution in [3.05, 3.63) is 54.1 Å². The molecular formula is C21H27N3O. The summed E-state index contributed by atoms with van der Waals surface area (Å²) in [6, 6.07) is 16.7. The van der Waals surface area contributed by atoms with Crippen molar-refractivity contribution < 1.29 is 4.79 Å². The Hall–Kier alpha value is -2.33. The number of benzene rings is 2. The fourth-order valence-corrected chi connectivity index (χ4v) is 3.47. The van der Waals surface area contributed by atoms with Gasteiger partial charge in [-0.05, 0) is 57.1 Å². The van der Waals surface area contributed by atoms with Gasteiger partial charge in [0, 0.05) is 24.8 Å². The quantitative estimate of drug-likeness (QED) is 0.890. The molecule has 0 radical (unpaired) electrons. The van der Waals surface area contributed by atoms with Gasteiger partial charge in [0.2, 0.25) is 0 Å². The van der Waals surface area contributed by atoms with E-state index in [0.29, 0.717) is 0 Å². The first-order valence-corrected chi connectivity index (χ1v) is 8.96. The molecular weight excluding hydrogens is 310 g/mol. The van der Waals surface area contributed by atoms with Gasteiger partial charge in [0.25, 0.3) is 0 Å². The first-order chi connectivity index (χ1) is 12.0. The lowest BCUT2D eigenvalue weighted by atomic mass is 10.0. The van der Waals surface area contributed by atoms with Gasteiger partial charge in [0.15, 0.2) is 0 Å². The molecule has 0 aliphatic carbocycles. The third-order valence-electron chi connectivity index (χ3n) is 4.77. The molecule has 0 aromatic heterocycles. The number of urea groups is 1. The van der Waals surface area contributed by atoms with Crippen LogP contribution in [0.1, 0.15) is 18.9 Å². The fraction of sp³-hybridized carbons (Fsp3) is 0.381. The normalized spacial score (nSPS) is 18.7. The summed E-state index contributed by atoms with van der Waals surface area (Å²) < 4.78 is 0. The Bertz CT molecular complexity index is 743. The molecule has 1 N–H and O–H groups in total. The van der Waals surface area contributed by atoms with E-state index in [0.717, 1.165) is 37.3 Å². The number of amides is 2. The van der Waals surface area contributed by atoms with Crippen molar-refractivity contribution in [1.29, 1.82) is 0 Å². The molecule has 132 valence electrons. The van der Waals surface area contributed by atoms with E-state index in [1.165, 1.54) is 11.1 Å². The maximum atomic E-state index is 12.7. The van der Waals surface area contributed by atoms with Crippen molar-refractivity contribution in [2.24, 2.45) is 0 Å². The number of carbonyl (C=O) groups excluding carboxylic acids is 1. The van der Waals surface area contributed by atoms with Crippen molar-refractivity contribution in [3.63, 3.8) is 0 Å². The molecule has 3 rings (SSSR count). The number of aryl methyl sites for hydroxylation is 1. The summed E-state index contributed by atoms with van der Waals surface area (Å²) in [5.41, 5.74) is 4.36. The molecule has 1 saturated heterocycles. The molecule has 4 heteroatoms. The van der Waals surface area contributed by atoms with Gasteiger partial charge in [-0.3, -0.25) is 0 Å². The number of carbonyl (C=O) groups is 1. The summed E-state index contributed by atoms with van der Waals surface area (Å²) >= 11 is 0. The summed E-state index contributed by atoms with van der Waals surface area (Å²) in [7, 11) is 2.11. The van der Waals surface area contributed by atoms with Crippen LogP contribution in [0.2, 0.25) is 0 Å². The second-order valence-corrected chi connectivity index (χ2v) is 7.04. The van der Waals surface area contributed by atoms with Gasteiger partial charge in [-0.15, -0.1) is 0 Å². The number of nitrogens with zero attached hydrogens (tertiary/aromatic N) is 2. The Morgan fingerprint density at radius 2 is 1.80 bits per heavy atom. The zero-order valence-electron chi connectivity index (χ0n) is 15.3. The molecule has 1 unspecified atom stereocenters. The molecule has 4 nitrogen and oxygen atoms in total. The zero-order valence-corrected chi connectivity index (χ0v) is 15.3. The highest BCUT2D eigenvalue weighted by atomic mass is 16.2. The van der Waals surface area contributed by atoms with Gasteiger partial charge in [-0.25, -0.2) is 4.79 Å². The lowest BCUT2D eigenvalue weighted by Gasteiger charge is -2.28. The maximum absolute atomic E-state index is 12.7. The third kappa shape index (κ3) is 4.40. The minimum atomic E-state index is -0.0100. The summed E-state index contributed by atoms with van der Waals surface area (Å²) in [5, 5.41) is 3.08. The number of hydrogen-bond donors (Lipinski definition) is 1. The highest BCUT2D eigenvalue weighted by molar-refractivity contribution is 5.90. The van der Waals surface area contributed by atoms with Crippen LogP contribution >= 0.6 is 0 Å². The molecule has 1 fully saturated rings. The fourth-order valence-electron chi connectivity index (χ4n) is 3.47. The lowest BCUT2D eigenvalue weighted by Crippen LogP contribution is -2.44. The number of anilines is 1. The Labute approximate surface area is 150 Å².